The highest BCUT2D eigenvalue weighted by molar-refractivity contribution is 6.30. The van der Waals surface area contributed by atoms with Crippen molar-refractivity contribution in [2.24, 2.45) is 0 Å². The van der Waals surface area contributed by atoms with Gasteiger partial charge in [-0.25, -0.2) is 9.59 Å². The molecule has 0 aliphatic heterocycles. The number of benzene rings is 2. The summed E-state index contributed by atoms with van der Waals surface area (Å²) in [6.07, 6.45) is 2.61. The highest BCUT2D eigenvalue weighted by Gasteiger charge is 2.23. The van der Waals surface area contributed by atoms with Crippen LogP contribution in [-0.4, -0.2) is 29.6 Å². The molecule has 4 rings (SSSR count). The monoisotopic (exact) mass is 455 g/mol. The van der Waals surface area contributed by atoms with Gasteiger partial charge in [0.25, 0.3) is 5.91 Å². The minimum atomic E-state index is -1.15. The van der Waals surface area contributed by atoms with Crippen molar-refractivity contribution in [2.45, 2.75) is 38.6 Å². The van der Waals surface area contributed by atoms with Crippen LogP contribution in [0.15, 0.2) is 45.6 Å². The number of carboxylic acids is 1. The predicted molar refractivity (Wildman–Crippen MR) is 119 cm³/mol. The summed E-state index contributed by atoms with van der Waals surface area (Å²) in [6, 6.07) is 9.22. The molecule has 1 aromatic heterocycles. The Morgan fingerprint density at radius 3 is 2.59 bits per heavy atom. The highest BCUT2D eigenvalue weighted by atomic mass is 35.5. The maximum absolute atomic E-state index is 12.4. The van der Waals surface area contributed by atoms with Gasteiger partial charge in [0, 0.05) is 28.0 Å². The molecule has 2 aromatic carbocycles. The fourth-order valence-corrected chi connectivity index (χ4v) is 4.18. The van der Waals surface area contributed by atoms with Gasteiger partial charge in [-0.05, 0) is 61.6 Å². The van der Waals surface area contributed by atoms with E-state index < -0.39 is 17.9 Å². The van der Waals surface area contributed by atoms with Crippen LogP contribution >= 0.6 is 11.6 Å². The molecule has 0 saturated heterocycles. The van der Waals surface area contributed by atoms with Crippen molar-refractivity contribution in [1.82, 2.24) is 5.32 Å². The number of rotatable bonds is 7. The molecule has 0 bridgehead atoms. The Bertz CT molecular complexity index is 1250. The van der Waals surface area contributed by atoms with Crippen LogP contribution < -0.4 is 15.7 Å². The first-order chi connectivity index (χ1) is 15.3. The van der Waals surface area contributed by atoms with Gasteiger partial charge in [-0.2, -0.15) is 0 Å². The lowest BCUT2D eigenvalue weighted by atomic mass is 10.0. The maximum atomic E-state index is 12.4. The number of carboxylic acid groups (broad SMARTS) is 1. The molecule has 2 N–H and O–H groups in total. The van der Waals surface area contributed by atoms with E-state index >= 15 is 0 Å². The molecule has 7 nitrogen and oxygen atoms in total. The molecule has 1 aliphatic carbocycles. The maximum Gasteiger partial charge on any atom is 0.339 e. The average Bonchev–Trinajstić information content (AvgIpc) is 3.26. The van der Waals surface area contributed by atoms with Crippen LogP contribution in [0.25, 0.3) is 11.0 Å². The van der Waals surface area contributed by atoms with Gasteiger partial charge in [0.2, 0.25) is 0 Å². The minimum absolute atomic E-state index is 0.115. The summed E-state index contributed by atoms with van der Waals surface area (Å²) in [5.74, 6) is -1.31. The number of nitrogens with one attached hydrogen (secondary N) is 1. The lowest BCUT2D eigenvalue weighted by molar-refractivity contribution is -0.142. The molecule has 0 radical (unpaired) electrons. The summed E-state index contributed by atoms with van der Waals surface area (Å²) < 4.78 is 11.2. The second-order valence-corrected chi connectivity index (χ2v) is 8.28. The number of hydrogen-bond acceptors (Lipinski definition) is 5. The normalized spacial score (nSPS) is 13.6. The fourth-order valence-electron chi connectivity index (χ4n) is 4.06. The van der Waals surface area contributed by atoms with Gasteiger partial charge < -0.3 is 19.6 Å². The van der Waals surface area contributed by atoms with E-state index in [-0.39, 0.29) is 18.7 Å². The smallest absolute Gasteiger partial charge is 0.339 e. The third-order valence-electron chi connectivity index (χ3n) is 5.69. The molecule has 8 heteroatoms. The first kappa shape index (κ1) is 21.9. The molecule has 0 fully saturated rings. The van der Waals surface area contributed by atoms with E-state index in [1.54, 1.807) is 37.3 Å². The van der Waals surface area contributed by atoms with Crippen LogP contribution in [0.5, 0.6) is 5.75 Å². The number of fused-ring (bicyclic) bond motifs is 3. The van der Waals surface area contributed by atoms with E-state index in [4.69, 9.17) is 20.8 Å². The Labute approximate surface area is 188 Å². The lowest BCUT2D eigenvalue weighted by Gasteiger charge is -2.16. The van der Waals surface area contributed by atoms with E-state index in [0.29, 0.717) is 21.9 Å². The topological polar surface area (TPSA) is 106 Å². The van der Waals surface area contributed by atoms with Gasteiger partial charge in [-0.15, -0.1) is 0 Å². The Morgan fingerprint density at radius 1 is 1.16 bits per heavy atom. The van der Waals surface area contributed by atoms with E-state index in [2.05, 4.69) is 5.32 Å². The summed E-state index contributed by atoms with van der Waals surface area (Å²) in [4.78, 5) is 36.2. The van der Waals surface area contributed by atoms with Crippen molar-refractivity contribution in [2.75, 3.05) is 6.61 Å². The Hall–Kier alpha value is -3.32. The number of halogens is 1. The van der Waals surface area contributed by atoms with Gasteiger partial charge in [-0.3, -0.25) is 4.79 Å². The van der Waals surface area contributed by atoms with Crippen molar-refractivity contribution >= 4 is 34.4 Å². The second-order valence-electron chi connectivity index (χ2n) is 7.84. The second kappa shape index (κ2) is 9.04. The van der Waals surface area contributed by atoms with Gasteiger partial charge in [0.1, 0.15) is 17.4 Å². The van der Waals surface area contributed by atoms with Crippen LogP contribution in [-0.2, 0) is 28.9 Å². The van der Waals surface area contributed by atoms with Crippen molar-refractivity contribution in [1.29, 1.82) is 0 Å². The number of hydrogen-bond donors (Lipinski definition) is 2. The molecule has 1 aliphatic rings. The molecule has 1 atom stereocenters. The van der Waals surface area contributed by atoms with Crippen LogP contribution in [0.3, 0.4) is 0 Å². The third kappa shape index (κ3) is 4.48. The van der Waals surface area contributed by atoms with Crippen molar-refractivity contribution in [3.05, 3.63) is 74.1 Å². The van der Waals surface area contributed by atoms with E-state index in [1.807, 2.05) is 6.07 Å². The van der Waals surface area contributed by atoms with Gasteiger partial charge in [-0.1, -0.05) is 23.7 Å². The van der Waals surface area contributed by atoms with Crippen molar-refractivity contribution < 1.29 is 23.8 Å². The number of carbonyl (C=O) groups is 2. The number of aryl methyl sites for hydroxylation is 2. The number of aliphatic carboxylic acids is 1. The predicted octanol–water partition coefficient (Wildman–Crippen LogP) is 3.43. The zero-order valence-electron chi connectivity index (χ0n) is 17.4. The summed E-state index contributed by atoms with van der Waals surface area (Å²) in [5.41, 5.74) is 3.25. The zero-order valence-corrected chi connectivity index (χ0v) is 18.2. The number of amides is 1. The Kier molecular flexibility index (Phi) is 6.19. The first-order valence-corrected chi connectivity index (χ1v) is 10.7. The number of ether oxygens (including phenoxy) is 1. The van der Waals surface area contributed by atoms with Gasteiger partial charge in [0.15, 0.2) is 6.61 Å². The fraction of sp³-hybridized carbons (Fsp3) is 0.292. The van der Waals surface area contributed by atoms with Crippen molar-refractivity contribution in [3.8, 4) is 5.75 Å². The molecule has 0 saturated carbocycles. The minimum Gasteiger partial charge on any atom is -0.483 e. The molecule has 1 heterocycles. The Morgan fingerprint density at radius 2 is 1.88 bits per heavy atom. The van der Waals surface area contributed by atoms with Crippen LogP contribution in [0.4, 0.5) is 0 Å². The van der Waals surface area contributed by atoms with Crippen molar-refractivity contribution in [3.63, 3.8) is 0 Å². The van der Waals surface area contributed by atoms with E-state index in [1.165, 1.54) is 0 Å². The summed E-state index contributed by atoms with van der Waals surface area (Å²) >= 11 is 5.85. The molecule has 1 amide bonds. The molecule has 32 heavy (non-hydrogen) atoms. The zero-order chi connectivity index (χ0) is 22.8. The largest absolute Gasteiger partial charge is 0.483 e. The van der Waals surface area contributed by atoms with E-state index in [0.717, 1.165) is 41.3 Å². The molecule has 0 unspecified atom stereocenters. The van der Waals surface area contributed by atoms with Crippen LogP contribution in [0, 0.1) is 6.92 Å². The van der Waals surface area contributed by atoms with Crippen LogP contribution in [0.2, 0.25) is 5.02 Å². The molecule has 166 valence electrons. The molecular formula is C24H22ClNO6. The molecule has 3 aromatic rings. The molecular weight excluding hydrogens is 434 g/mol. The average molecular weight is 456 g/mol. The SMILES string of the molecule is Cc1c(OCC(=O)N[C@@H](Cc2ccc(Cl)cc2)C(=O)O)ccc2c3c(c(=O)oc12)CCC3. The first-order valence-electron chi connectivity index (χ1n) is 10.3. The van der Waals surface area contributed by atoms with Crippen LogP contribution in [0.1, 0.15) is 28.7 Å². The van der Waals surface area contributed by atoms with Gasteiger partial charge >= 0.3 is 11.6 Å². The Balaban J connectivity index is 1.45. The highest BCUT2D eigenvalue weighted by Crippen LogP contribution is 2.32. The summed E-state index contributed by atoms with van der Waals surface area (Å²) in [6.45, 7) is 1.40. The van der Waals surface area contributed by atoms with Gasteiger partial charge in [0.05, 0.1) is 0 Å². The lowest BCUT2D eigenvalue weighted by Crippen LogP contribution is -2.44. The molecule has 0 spiro atoms. The van der Waals surface area contributed by atoms with E-state index in [9.17, 15) is 19.5 Å². The number of carbonyl (C=O) groups excluding carboxylic acids is 1. The quantitative estimate of drug-likeness (QED) is 0.529. The summed E-state index contributed by atoms with van der Waals surface area (Å²) in [7, 11) is 0. The third-order valence-corrected chi connectivity index (χ3v) is 5.94. The summed E-state index contributed by atoms with van der Waals surface area (Å²) in [5, 5.41) is 13.4. The standard InChI is InChI=1S/C24H22ClNO6/c1-13-20(10-9-17-16-3-2-4-18(16)24(30)32-22(13)17)31-12-21(27)26-19(23(28)29)11-14-5-7-15(25)8-6-14/h5-10,19H,2-4,11-12H2,1H3,(H,26,27)(H,28,29)/t19-/m0/s1.